The molecule has 1 heterocycles. The highest BCUT2D eigenvalue weighted by Crippen LogP contribution is 2.32. The second-order valence-electron chi connectivity index (χ2n) is 7.87. The zero-order valence-electron chi connectivity index (χ0n) is 17.2. The van der Waals surface area contributed by atoms with E-state index in [4.69, 9.17) is 0 Å². The minimum absolute atomic E-state index is 0.0404. The van der Waals surface area contributed by atoms with E-state index in [1.165, 1.54) is 11.8 Å². The Morgan fingerprint density at radius 2 is 1.32 bits per heavy atom. The molecule has 1 fully saturated rings. The Morgan fingerprint density at radius 1 is 0.774 bits per heavy atom. The fourth-order valence-electron chi connectivity index (χ4n) is 4.14. The molecular weight excluding hydrogens is 396 g/mol. The van der Waals surface area contributed by atoms with E-state index < -0.39 is 6.03 Å². The molecule has 8 nitrogen and oxygen atoms in total. The van der Waals surface area contributed by atoms with Gasteiger partial charge < -0.3 is 16.0 Å². The number of carbonyl (C=O) groups is 4. The molecule has 0 radical (unpaired) electrons. The number of carbonyl (C=O) groups excluding carboxylic acids is 4. The van der Waals surface area contributed by atoms with E-state index in [1.807, 2.05) is 0 Å². The molecule has 8 heteroatoms. The van der Waals surface area contributed by atoms with Gasteiger partial charge in [-0.25, -0.2) is 4.79 Å². The number of amides is 5. The monoisotopic (exact) mass is 420 g/mol. The summed E-state index contributed by atoms with van der Waals surface area (Å²) in [7, 11) is 0. The topological polar surface area (TPSA) is 108 Å². The predicted octanol–water partition coefficient (Wildman–Crippen LogP) is 4.22. The number of hydrogen-bond donors (Lipinski definition) is 3. The quantitative estimate of drug-likeness (QED) is 0.644. The molecule has 0 saturated heterocycles. The number of rotatable bonds is 4. The predicted molar refractivity (Wildman–Crippen MR) is 117 cm³/mol. The highest BCUT2D eigenvalue weighted by atomic mass is 16.2. The summed E-state index contributed by atoms with van der Waals surface area (Å²) < 4.78 is 0. The number of nitrogens with zero attached hydrogens (tertiary/aromatic N) is 1. The van der Waals surface area contributed by atoms with Gasteiger partial charge in [-0.1, -0.05) is 19.3 Å². The van der Waals surface area contributed by atoms with Gasteiger partial charge in [0.2, 0.25) is 5.91 Å². The smallest absolute Gasteiger partial charge is 0.323 e. The molecule has 31 heavy (non-hydrogen) atoms. The van der Waals surface area contributed by atoms with Gasteiger partial charge in [0.05, 0.1) is 11.1 Å². The van der Waals surface area contributed by atoms with Gasteiger partial charge in [-0.2, -0.15) is 0 Å². The van der Waals surface area contributed by atoms with Crippen LogP contribution < -0.4 is 16.0 Å². The van der Waals surface area contributed by atoms with Crippen molar-refractivity contribution in [3.8, 4) is 0 Å². The minimum Gasteiger partial charge on any atom is -0.326 e. The third-order valence-corrected chi connectivity index (χ3v) is 5.58. The van der Waals surface area contributed by atoms with Crippen LogP contribution in [0.15, 0.2) is 42.5 Å². The third-order valence-electron chi connectivity index (χ3n) is 5.58. The lowest BCUT2D eigenvalue weighted by atomic mass is 9.94. The first-order valence-corrected chi connectivity index (χ1v) is 10.4. The van der Waals surface area contributed by atoms with Gasteiger partial charge in [0.15, 0.2) is 0 Å². The zero-order valence-corrected chi connectivity index (χ0v) is 17.2. The van der Waals surface area contributed by atoms with Crippen LogP contribution in [0.1, 0.15) is 59.7 Å². The standard InChI is InChI=1S/C23H24N4O4/c1-14(28)24-15-7-9-16(10-8-15)25-23(31)26-17-11-12-19-20(13-17)22(30)27(21(19)29)18-5-3-2-4-6-18/h7-13,18H,2-6H2,1H3,(H,24,28)(H2,25,26,31). The van der Waals surface area contributed by atoms with E-state index in [-0.39, 0.29) is 23.8 Å². The van der Waals surface area contributed by atoms with E-state index in [0.717, 1.165) is 32.1 Å². The highest BCUT2D eigenvalue weighted by Gasteiger charge is 2.40. The van der Waals surface area contributed by atoms with E-state index >= 15 is 0 Å². The number of nitrogens with one attached hydrogen (secondary N) is 3. The van der Waals surface area contributed by atoms with Crippen LogP contribution in [0.5, 0.6) is 0 Å². The van der Waals surface area contributed by atoms with Gasteiger partial charge >= 0.3 is 6.03 Å². The second-order valence-corrected chi connectivity index (χ2v) is 7.87. The average Bonchev–Trinajstić information content (AvgIpc) is 2.99. The first-order chi connectivity index (χ1) is 14.9. The summed E-state index contributed by atoms with van der Waals surface area (Å²) in [6, 6.07) is 10.9. The molecule has 5 amide bonds. The molecular formula is C23H24N4O4. The minimum atomic E-state index is -0.479. The van der Waals surface area contributed by atoms with E-state index in [9.17, 15) is 19.2 Å². The van der Waals surface area contributed by atoms with Crippen LogP contribution in [-0.4, -0.2) is 34.7 Å². The molecule has 0 spiro atoms. The van der Waals surface area contributed by atoms with Crippen molar-refractivity contribution < 1.29 is 19.2 Å². The van der Waals surface area contributed by atoms with Crippen molar-refractivity contribution in [1.29, 1.82) is 0 Å². The van der Waals surface area contributed by atoms with Crippen LogP contribution in [0.4, 0.5) is 21.9 Å². The summed E-state index contributed by atoms with van der Waals surface area (Å²) in [4.78, 5) is 50.5. The molecule has 1 aliphatic carbocycles. The van der Waals surface area contributed by atoms with Crippen molar-refractivity contribution in [1.82, 2.24) is 4.90 Å². The summed E-state index contributed by atoms with van der Waals surface area (Å²) in [5.74, 6) is -0.711. The lowest BCUT2D eigenvalue weighted by molar-refractivity contribution is -0.114. The van der Waals surface area contributed by atoms with Crippen LogP contribution in [0, 0.1) is 0 Å². The molecule has 4 rings (SSSR count). The zero-order chi connectivity index (χ0) is 22.0. The summed E-state index contributed by atoms with van der Waals surface area (Å²) >= 11 is 0. The molecule has 1 aliphatic heterocycles. The number of anilines is 3. The molecule has 2 aromatic carbocycles. The van der Waals surface area contributed by atoms with Crippen LogP contribution in [0.3, 0.4) is 0 Å². The fourth-order valence-corrected chi connectivity index (χ4v) is 4.14. The lowest BCUT2D eigenvalue weighted by Crippen LogP contribution is -2.40. The molecule has 3 N–H and O–H groups in total. The van der Waals surface area contributed by atoms with Gasteiger partial charge in [0.25, 0.3) is 11.8 Å². The Kier molecular flexibility index (Phi) is 5.70. The summed E-state index contributed by atoms with van der Waals surface area (Å²) in [6.07, 6.45) is 4.88. The number of urea groups is 1. The van der Waals surface area contributed by atoms with E-state index in [2.05, 4.69) is 16.0 Å². The molecule has 160 valence electrons. The highest BCUT2D eigenvalue weighted by molar-refractivity contribution is 6.22. The first kappa shape index (κ1) is 20.6. The van der Waals surface area contributed by atoms with Gasteiger partial charge in [-0.15, -0.1) is 0 Å². The van der Waals surface area contributed by atoms with Gasteiger partial charge in [0, 0.05) is 30.0 Å². The van der Waals surface area contributed by atoms with Crippen molar-refractivity contribution >= 4 is 40.8 Å². The van der Waals surface area contributed by atoms with Crippen molar-refractivity contribution in [2.24, 2.45) is 0 Å². The Labute approximate surface area is 180 Å². The van der Waals surface area contributed by atoms with Crippen LogP contribution in [0.2, 0.25) is 0 Å². The number of imide groups is 1. The molecule has 2 aliphatic rings. The van der Waals surface area contributed by atoms with Gasteiger partial charge in [0.1, 0.15) is 0 Å². The molecule has 0 bridgehead atoms. The van der Waals surface area contributed by atoms with Gasteiger partial charge in [-0.05, 0) is 55.3 Å². The number of hydrogen-bond acceptors (Lipinski definition) is 4. The van der Waals surface area contributed by atoms with Crippen LogP contribution in [0.25, 0.3) is 0 Å². The van der Waals surface area contributed by atoms with Crippen LogP contribution in [-0.2, 0) is 4.79 Å². The van der Waals surface area contributed by atoms with E-state index in [0.29, 0.717) is 28.2 Å². The summed E-state index contributed by atoms with van der Waals surface area (Å²) in [5.41, 5.74) is 2.31. The number of benzene rings is 2. The molecule has 1 saturated carbocycles. The maximum Gasteiger partial charge on any atom is 0.323 e. The van der Waals surface area contributed by atoms with Crippen molar-refractivity contribution in [2.75, 3.05) is 16.0 Å². The summed E-state index contributed by atoms with van der Waals surface area (Å²) in [5, 5.41) is 8.04. The van der Waals surface area contributed by atoms with Gasteiger partial charge in [-0.3, -0.25) is 19.3 Å². The normalized spacial score (nSPS) is 16.1. The molecule has 0 aromatic heterocycles. The summed E-state index contributed by atoms with van der Waals surface area (Å²) in [6.45, 7) is 1.42. The lowest BCUT2D eigenvalue weighted by Gasteiger charge is -2.29. The van der Waals surface area contributed by atoms with Crippen molar-refractivity contribution in [3.63, 3.8) is 0 Å². The maximum absolute atomic E-state index is 12.9. The third kappa shape index (κ3) is 4.42. The second kappa shape index (κ2) is 8.59. The first-order valence-electron chi connectivity index (χ1n) is 10.4. The van der Waals surface area contributed by atoms with E-state index in [1.54, 1.807) is 42.5 Å². The van der Waals surface area contributed by atoms with Crippen LogP contribution >= 0.6 is 0 Å². The Hall–Kier alpha value is -3.68. The molecule has 2 aromatic rings. The number of fused-ring (bicyclic) bond motifs is 1. The Bertz CT molecular complexity index is 1040. The Balaban J connectivity index is 1.42. The largest absolute Gasteiger partial charge is 0.326 e. The maximum atomic E-state index is 12.9. The molecule has 0 atom stereocenters. The van der Waals surface area contributed by atoms with Crippen molar-refractivity contribution in [3.05, 3.63) is 53.6 Å². The average molecular weight is 420 g/mol. The van der Waals surface area contributed by atoms with Crippen molar-refractivity contribution in [2.45, 2.75) is 45.1 Å². The molecule has 0 unspecified atom stereocenters. The SMILES string of the molecule is CC(=O)Nc1ccc(NC(=O)Nc2ccc3c(c2)C(=O)N(C2CCCCC2)C3=O)cc1. The fraction of sp³-hybridized carbons (Fsp3) is 0.304. The Morgan fingerprint density at radius 3 is 1.97 bits per heavy atom.